The summed E-state index contributed by atoms with van der Waals surface area (Å²) < 4.78 is 4.92. The molecule has 96 valence electrons. The van der Waals surface area contributed by atoms with Crippen LogP contribution in [0.1, 0.15) is 34.1 Å². The summed E-state index contributed by atoms with van der Waals surface area (Å²) in [6, 6.07) is 0. The summed E-state index contributed by atoms with van der Waals surface area (Å²) in [6.45, 7) is 7.85. The van der Waals surface area contributed by atoms with E-state index in [1.54, 1.807) is 6.92 Å². The van der Waals surface area contributed by atoms with Crippen molar-refractivity contribution in [3.05, 3.63) is 0 Å². The van der Waals surface area contributed by atoms with Crippen LogP contribution in [0.4, 0.5) is 0 Å². The number of carbonyl (C=O) groups is 2. The second-order valence-electron chi connectivity index (χ2n) is 4.80. The highest BCUT2D eigenvalue weighted by Crippen LogP contribution is 2.27. The molecule has 0 aliphatic rings. The molecule has 1 N–H and O–H groups in total. The zero-order valence-electron chi connectivity index (χ0n) is 11.0. The van der Waals surface area contributed by atoms with E-state index in [-0.39, 0.29) is 12.5 Å². The summed E-state index contributed by atoms with van der Waals surface area (Å²) in [6.07, 6.45) is 5.54. The minimum absolute atomic E-state index is 0.267. The van der Waals surface area contributed by atoms with Crippen molar-refractivity contribution in [2.45, 2.75) is 34.1 Å². The maximum atomic E-state index is 11.9. The molecule has 0 bridgehead atoms. The largest absolute Gasteiger partial charge is 0.465 e. The lowest BCUT2D eigenvalue weighted by molar-refractivity contribution is -0.156. The topological polar surface area (TPSA) is 55.4 Å². The number of amides is 1. The van der Waals surface area contributed by atoms with Crippen molar-refractivity contribution in [3.8, 4) is 12.3 Å². The number of nitrogens with one attached hydrogen (secondary N) is 1. The Morgan fingerprint density at radius 2 is 2.00 bits per heavy atom. The molecule has 1 atom stereocenters. The van der Waals surface area contributed by atoms with Crippen LogP contribution in [0.25, 0.3) is 0 Å². The van der Waals surface area contributed by atoms with Gasteiger partial charge in [-0.2, -0.15) is 0 Å². The van der Waals surface area contributed by atoms with Crippen molar-refractivity contribution in [3.63, 3.8) is 0 Å². The third-order valence-electron chi connectivity index (χ3n) is 2.22. The summed E-state index contributed by atoms with van der Waals surface area (Å²) in [7, 11) is 0. The van der Waals surface area contributed by atoms with Crippen molar-refractivity contribution in [2.24, 2.45) is 11.3 Å². The number of esters is 1. The number of rotatable bonds is 5. The van der Waals surface area contributed by atoms with Gasteiger partial charge in [-0.1, -0.05) is 20.8 Å². The van der Waals surface area contributed by atoms with Gasteiger partial charge in [0.05, 0.1) is 6.61 Å². The van der Waals surface area contributed by atoms with Gasteiger partial charge < -0.3 is 10.1 Å². The molecule has 17 heavy (non-hydrogen) atoms. The molecule has 4 nitrogen and oxygen atoms in total. The Labute approximate surface area is 103 Å². The van der Waals surface area contributed by atoms with Crippen molar-refractivity contribution in [1.82, 2.24) is 5.32 Å². The first kappa shape index (κ1) is 15.5. The minimum atomic E-state index is -0.805. The number of hydrogen-bond acceptors (Lipinski definition) is 3. The smallest absolute Gasteiger partial charge is 0.319 e. The molecular weight excluding hydrogens is 218 g/mol. The van der Waals surface area contributed by atoms with E-state index in [1.165, 1.54) is 0 Å². The van der Waals surface area contributed by atoms with Crippen LogP contribution in [0.2, 0.25) is 0 Å². The van der Waals surface area contributed by atoms with Crippen LogP contribution in [0.3, 0.4) is 0 Å². The highest BCUT2D eigenvalue weighted by Gasteiger charge is 2.38. The van der Waals surface area contributed by atoms with E-state index < -0.39 is 17.3 Å². The Morgan fingerprint density at radius 3 is 2.41 bits per heavy atom. The lowest BCUT2D eigenvalue weighted by Gasteiger charge is -2.27. The molecule has 1 amide bonds. The molecule has 1 unspecified atom stereocenters. The molecule has 4 heteroatoms. The van der Waals surface area contributed by atoms with Crippen molar-refractivity contribution in [1.29, 1.82) is 0 Å². The average molecular weight is 239 g/mol. The Kier molecular flexibility index (Phi) is 6.34. The third kappa shape index (κ3) is 5.39. The third-order valence-corrected chi connectivity index (χ3v) is 2.22. The van der Waals surface area contributed by atoms with Crippen LogP contribution >= 0.6 is 0 Å². The first-order valence-corrected chi connectivity index (χ1v) is 5.72. The van der Waals surface area contributed by atoms with Gasteiger partial charge in [-0.05, 0) is 12.3 Å². The van der Waals surface area contributed by atoms with Crippen molar-refractivity contribution >= 4 is 11.9 Å². The molecule has 0 fully saturated rings. The number of hydrogen-bond donors (Lipinski definition) is 1. The maximum Gasteiger partial charge on any atom is 0.319 e. The number of carbonyl (C=O) groups excluding carboxylic acids is 2. The summed E-state index contributed by atoms with van der Waals surface area (Å²) >= 11 is 0. The van der Waals surface area contributed by atoms with Crippen molar-refractivity contribution in [2.75, 3.05) is 13.2 Å². The fraction of sp³-hybridized carbons (Fsp3) is 0.692. The second-order valence-corrected chi connectivity index (χ2v) is 4.80. The Bertz CT molecular complexity index is 310. The zero-order valence-corrected chi connectivity index (χ0v) is 11.0. The van der Waals surface area contributed by atoms with Crippen LogP contribution in [0.15, 0.2) is 0 Å². The van der Waals surface area contributed by atoms with Crippen LogP contribution in [-0.4, -0.2) is 25.0 Å². The molecule has 0 aliphatic heterocycles. The van der Waals surface area contributed by atoms with Gasteiger partial charge in [-0.15, -0.1) is 12.3 Å². The van der Waals surface area contributed by atoms with Gasteiger partial charge in [0.1, 0.15) is 5.92 Å². The number of ether oxygens (including phenoxy) is 1. The van der Waals surface area contributed by atoms with Gasteiger partial charge in [-0.3, -0.25) is 9.59 Å². The lowest BCUT2D eigenvalue weighted by atomic mass is 9.80. The van der Waals surface area contributed by atoms with Gasteiger partial charge in [0.15, 0.2) is 0 Å². The monoisotopic (exact) mass is 239 g/mol. The minimum Gasteiger partial charge on any atom is -0.465 e. The molecule has 0 heterocycles. The Balaban J connectivity index is 4.65. The standard InChI is InChI=1S/C13H21NO3/c1-6-8-9-14-11(15)10(13(3,4)5)12(16)17-7-2/h1,10H,7-9H2,2-5H3,(H,14,15). The average Bonchev–Trinajstić information content (AvgIpc) is 2.16. The Hall–Kier alpha value is -1.50. The second kappa shape index (κ2) is 6.95. The molecule has 0 aliphatic carbocycles. The summed E-state index contributed by atoms with van der Waals surface area (Å²) in [5, 5.41) is 2.65. The van der Waals surface area contributed by atoms with E-state index in [1.807, 2.05) is 20.8 Å². The van der Waals surface area contributed by atoms with Crippen LogP contribution < -0.4 is 5.32 Å². The Morgan fingerprint density at radius 1 is 1.41 bits per heavy atom. The van der Waals surface area contributed by atoms with Gasteiger partial charge in [0.2, 0.25) is 5.91 Å². The van der Waals surface area contributed by atoms with E-state index in [9.17, 15) is 9.59 Å². The quantitative estimate of drug-likeness (QED) is 0.341. The molecule has 0 saturated heterocycles. The van der Waals surface area contributed by atoms with Gasteiger partial charge in [0, 0.05) is 13.0 Å². The SMILES string of the molecule is C#CCCNC(=O)C(C(=O)OCC)C(C)(C)C. The first-order chi connectivity index (χ1) is 7.84. The lowest BCUT2D eigenvalue weighted by Crippen LogP contribution is -2.43. The molecule has 0 rings (SSSR count). The molecular formula is C13H21NO3. The van der Waals surface area contributed by atoms with E-state index in [4.69, 9.17) is 11.2 Å². The van der Waals surface area contributed by atoms with E-state index in [2.05, 4.69) is 11.2 Å². The highest BCUT2D eigenvalue weighted by atomic mass is 16.5. The fourth-order valence-electron chi connectivity index (χ4n) is 1.44. The highest BCUT2D eigenvalue weighted by molar-refractivity contribution is 5.98. The molecule has 0 aromatic heterocycles. The zero-order chi connectivity index (χ0) is 13.5. The van der Waals surface area contributed by atoms with Crippen molar-refractivity contribution < 1.29 is 14.3 Å². The normalized spacial score (nSPS) is 12.4. The van der Waals surface area contributed by atoms with E-state index in [0.717, 1.165) is 0 Å². The van der Waals surface area contributed by atoms with Crippen LogP contribution in [0.5, 0.6) is 0 Å². The first-order valence-electron chi connectivity index (χ1n) is 5.72. The predicted molar refractivity (Wildman–Crippen MR) is 66.0 cm³/mol. The molecule has 0 radical (unpaired) electrons. The van der Waals surface area contributed by atoms with Gasteiger partial charge in [0.25, 0.3) is 0 Å². The van der Waals surface area contributed by atoms with Crippen LogP contribution in [0, 0.1) is 23.7 Å². The molecule has 0 aromatic rings. The molecule has 0 aromatic carbocycles. The van der Waals surface area contributed by atoms with E-state index >= 15 is 0 Å². The van der Waals surface area contributed by atoms with E-state index in [0.29, 0.717) is 13.0 Å². The summed E-state index contributed by atoms with van der Waals surface area (Å²) in [5.74, 6) is 0.804. The number of terminal acetylenes is 1. The predicted octanol–water partition coefficient (Wildman–Crippen LogP) is 1.35. The van der Waals surface area contributed by atoms with Crippen LogP contribution in [-0.2, 0) is 14.3 Å². The van der Waals surface area contributed by atoms with Gasteiger partial charge >= 0.3 is 5.97 Å². The summed E-state index contributed by atoms with van der Waals surface area (Å²) in [5.41, 5.74) is -0.480. The summed E-state index contributed by atoms with van der Waals surface area (Å²) in [4.78, 5) is 23.6. The fourth-order valence-corrected chi connectivity index (χ4v) is 1.44. The molecule has 0 saturated carbocycles. The van der Waals surface area contributed by atoms with Gasteiger partial charge in [-0.25, -0.2) is 0 Å². The maximum absolute atomic E-state index is 11.9. The molecule has 0 spiro atoms.